The number of aliphatic hydroxyl groups is 1. The molecule has 0 aliphatic carbocycles. The summed E-state index contributed by atoms with van der Waals surface area (Å²) in [4.78, 5) is 9.31. The van der Waals surface area contributed by atoms with Crippen molar-refractivity contribution in [1.82, 2.24) is 14.5 Å². The Morgan fingerprint density at radius 2 is 1.81 bits per heavy atom. The summed E-state index contributed by atoms with van der Waals surface area (Å²) in [5, 5.41) is 19.4. The van der Waals surface area contributed by atoms with Gasteiger partial charge in [-0.05, 0) is 42.5 Å². The number of nitrogens with two attached hydrogens (primary N) is 1. The molecular weight excluding hydrogens is 422 g/mol. The summed E-state index contributed by atoms with van der Waals surface area (Å²) in [6.45, 7) is 0.518. The quantitative estimate of drug-likeness (QED) is 0.257. The lowest BCUT2D eigenvalue weighted by Gasteiger charge is -2.13. The highest BCUT2D eigenvalue weighted by molar-refractivity contribution is 7.18. The van der Waals surface area contributed by atoms with Gasteiger partial charge in [0.2, 0.25) is 0 Å². The number of nitrogens with zero attached hydrogens (tertiary/aromatic N) is 3. The molecule has 3 aromatic carbocycles. The maximum absolute atomic E-state index is 11.0. The molecule has 5 aromatic rings. The Morgan fingerprint density at radius 3 is 2.59 bits per heavy atom. The van der Waals surface area contributed by atoms with E-state index in [-0.39, 0.29) is 19.0 Å². The molecule has 1 atom stereocenters. The number of hydrogen-bond acceptors (Lipinski definition) is 6. The molecule has 0 amide bonds. The molecule has 4 N–H and O–H groups in total. The van der Waals surface area contributed by atoms with Crippen molar-refractivity contribution in [2.75, 3.05) is 0 Å². The zero-order chi connectivity index (χ0) is 22.1. The van der Waals surface area contributed by atoms with Crippen molar-refractivity contribution in [3.8, 4) is 5.75 Å². The zero-order valence-corrected chi connectivity index (χ0v) is 17.9. The molecule has 2 aromatic heterocycles. The van der Waals surface area contributed by atoms with Crippen molar-refractivity contribution in [3.63, 3.8) is 0 Å². The number of aromatic nitrogens is 3. The van der Waals surface area contributed by atoms with Crippen LogP contribution in [0.4, 0.5) is 0 Å². The average Bonchev–Trinajstić information content (AvgIpc) is 3.39. The minimum atomic E-state index is -0.798. The Morgan fingerprint density at radius 1 is 1.03 bits per heavy atom. The third-order valence-electron chi connectivity index (χ3n) is 5.20. The second-order valence-electron chi connectivity index (χ2n) is 7.39. The summed E-state index contributed by atoms with van der Waals surface area (Å²) in [5.41, 5.74) is 8.66. The first-order chi connectivity index (χ1) is 15.6. The van der Waals surface area contributed by atoms with Crippen molar-refractivity contribution < 1.29 is 9.84 Å². The predicted octanol–water partition coefficient (Wildman–Crippen LogP) is 4.24. The Kier molecular flexibility index (Phi) is 5.30. The fraction of sp³-hybridized carbons (Fsp3) is 0.125. The number of aliphatic hydroxyl groups excluding tert-OH is 1. The summed E-state index contributed by atoms with van der Waals surface area (Å²) >= 11 is 1.48. The van der Waals surface area contributed by atoms with Gasteiger partial charge in [-0.1, -0.05) is 30.3 Å². The highest BCUT2D eigenvalue weighted by atomic mass is 32.1. The molecule has 0 saturated carbocycles. The van der Waals surface area contributed by atoms with Crippen molar-refractivity contribution in [2.24, 2.45) is 5.73 Å². The fourth-order valence-electron chi connectivity index (χ4n) is 3.61. The number of hydrogen-bond donors (Lipinski definition) is 3. The SMILES string of the molecule is N=C(N)c1ccc2c(c1)nc(COc1ccccc1)n2CC(O)c1nc2ccccc2s1. The predicted molar refractivity (Wildman–Crippen MR) is 126 cm³/mol. The molecule has 0 aliphatic rings. The topological polar surface area (TPSA) is 110 Å². The zero-order valence-electron chi connectivity index (χ0n) is 17.1. The normalized spacial score (nSPS) is 12.3. The highest BCUT2D eigenvalue weighted by Crippen LogP contribution is 2.29. The molecule has 5 rings (SSSR count). The summed E-state index contributed by atoms with van der Waals surface area (Å²) < 4.78 is 8.91. The third-order valence-corrected chi connectivity index (χ3v) is 6.34. The largest absolute Gasteiger partial charge is 0.486 e. The maximum atomic E-state index is 11.0. The number of nitrogens with one attached hydrogen (secondary N) is 1. The molecular formula is C24H21N5O2S. The summed E-state index contributed by atoms with van der Waals surface area (Å²) in [6, 6.07) is 22.8. The lowest BCUT2D eigenvalue weighted by atomic mass is 10.2. The van der Waals surface area contributed by atoms with Crippen LogP contribution >= 0.6 is 11.3 Å². The molecule has 32 heavy (non-hydrogen) atoms. The highest BCUT2D eigenvalue weighted by Gasteiger charge is 2.19. The first-order valence-corrected chi connectivity index (χ1v) is 10.9. The molecule has 0 fully saturated rings. The molecule has 0 aliphatic heterocycles. The van der Waals surface area contributed by atoms with Crippen LogP contribution in [0.2, 0.25) is 0 Å². The second kappa shape index (κ2) is 8.41. The Labute approximate surface area is 188 Å². The molecule has 7 nitrogen and oxygen atoms in total. The first kappa shape index (κ1) is 20.2. The van der Waals surface area contributed by atoms with E-state index in [1.165, 1.54) is 11.3 Å². The van der Waals surface area contributed by atoms with Gasteiger partial charge in [0.05, 0.1) is 27.8 Å². The van der Waals surface area contributed by atoms with Crippen LogP contribution in [0.1, 0.15) is 22.5 Å². The Hall–Kier alpha value is -3.75. The minimum Gasteiger partial charge on any atom is -0.486 e. The van der Waals surface area contributed by atoms with Crippen LogP contribution in [0.15, 0.2) is 72.8 Å². The van der Waals surface area contributed by atoms with Crippen molar-refractivity contribution >= 4 is 38.4 Å². The van der Waals surface area contributed by atoms with Crippen LogP contribution in [0.3, 0.4) is 0 Å². The molecule has 0 bridgehead atoms. The second-order valence-corrected chi connectivity index (χ2v) is 8.46. The monoisotopic (exact) mass is 443 g/mol. The third kappa shape index (κ3) is 3.93. The van der Waals surface area contributed by atoms with E-state index >= 15 is 0 Å². The number of thiazole rings is 1. The van der Waals surface area contributed by atoms with Gasteiger partial charge in [0.25, 0.3) is 0 Å². The van der Waals surface area contributed by atoms with Gasteiger partial charge in [-0.25, -0.2) is 9.97 Å². The van der Waals surface area contributed by atoms with E-state index in [0.717, 1.165) is 21.5 Å². The van der Waals surface area contributed by atoms with E-state index in [1.807, 2.05) is 65.2 Å². The number of benzene rings is 3. The summed E-state index contributed by atoms with van der Waals surface area (Å²) in [7, 11) is 0. The van der Waals surface area contributed by atoms with Gasteiger partial charge in [0, 0.05) is 5.56 Å². The van der Waals surface area contributed by atoms with E-state index in [2.05, 4.69) is 4.98 Å². The minimum absolute atomic E-state index is 0.0157. The number of ether oxygens (including phenoxy) is 1. The molecule has 0 radical (unpaired) electrons. The van der Waals surface area contributed by atoms with Crippen LogP contribution in [0, 0.1) is 5.41 Å². The maximum Gasteiger partial charge on any atom is 0.148 e. The van der Waals surface area contributed by atoms with Gasteiger partial charge in [-0.3, -0.25) is 5.41 Å². The van der Waals surface area contributed by atoms with E-state index in [9.17, 15) is 5.11 Å². The lowest BCUT2D eigenvalue weighted by Crippen LogP contribution is -2.13. The van der Waals surface area contributed by atoms with E-state index < -0.39 is 6.10 Å². The number of para-hydroxylation sites is 2. The van der Waals surface area contributed by atoms with Crippen molar-refractivity contribution in [3.05, 3.63) is 89.2 Å². The average molecular weight is 444 g/mol. The van der Waals surface area contributed by atoms with Crippen LogP contribution in [-0.2, 0) is 13.2 Å². The van der Waals surface area contributed by atoms with Gasteiger partial charge >= 0.3 is 0 Å². The van der Waals surface area contributed by atoms with Gasteiger partial charge < -0.3 is 20.1 Å². The van der Waals surface area contributed by atoms with E-state index in [0.29, 0.717) is 21.9 Å². The van der Waals surface area contributed by atoms with E-state index in [1.54, 1.807) is 12.1 Å². The smallest absolute Gasteiger partial charge is 0.148 e. The molecule has 8 heteroatoms. The molecule has 2 heterocycles. The van der Waals surface area contributed by atoms with E-state index in [4.69, 9.17) is 20.9 Å². The first-order valence-electron chi connectivity index (χ1n) is 10.1. The van der Waals surface area contributed by atoms with Crippen LogP contribution in [0.25, 0.3) is 21.3 Å². The Bertz CT molecular complexity index is 1380. The number of amidine groups is 1. The molecule has 0 saturated heterocycles. The van der Waals surface area contributed by atoms with Crippen LogP contribution in [-0.4, -0.2) is 25.5 Å². The van der Waals surface area contributed by atoms with Gasteiger partial charge in [0.1, 0.15) is 35.1 Å². The number of rotatable bonds is 7. The summed E-state index contributed by atoms with van der Waals surface area (Å²) in [5.74, 6) is 1.39. The molecule has 160 valence electrons. The summed E-state index contributed by atoms with van der Waals surface area (Å²) in [6.07, 6.45) is -0.798. The van der Waals surface area contributed by atoms with Crippen molar-refractivity contribution in [2.45, 2.75) is 19.3 Å². The van der Waals surface area contributed by atoms with Crippen LogP contribution < -0.4 is 10.5 Å². The standard InChI is InChI=1S/C24H21N5O2S/c25-23(26)15-10-11-19-18(12-15)27-22(14-31-16-6-2-1-3-7-16)29(19)13-20(30)24-28-17-8-4-5-9-21(17)32-24/h1-12,20,30H,13-14H2,(H3,25,26). The number of imidazole rings is 1. The van der Waals surface area contributed by atoms with Crippen molar-refractivity contribution in [1.29, 1.82) is 5.41 Å². The molecule has 1 unspecified atom stereocenters. The van der Waals surface area contributed by atoms with Gasteiger partial charge in [0.15, 0.2) is 0 Å². The fourth-order valence-corrected chi connectivity index (χ4v) is 4.55. The van der Waals surface area contributed by atoms with Crippen LogP contribution in [0.5, 0.6) is 5.75 Å². The molecule has 0 spiro atoms. The number of fused-ring (bicyclic) bond motifs is 2. The van der Waals surface area contributed by atoms with Gasteiger partial charge in [-0.15, -0.1) is 11.3 Å². The number of nitrogen functional groups attached to an aromatic ring is 1. The van der Waals surface area contributed by atoms with Gasteiger partial charge in [-0.2, -0.15) is 0 Å². The Balaban J connectivity index is 1.50. The lowest BCUT2D eigenvalue weighted by molar-refractivity contribution is 0.154.